The minimum atomic E-state index is -0.0961. The Morgan fingerprint density at radius 1 is 1.14 bits per heavy atom. The normalized spacial score (nSPS) is 11.1. The quantitative estimate of drug-likeness (QED) is 0.662. The van der Waals surface area contributed by atoms with Crippen molar-refractivity contribution in [3.05, 3.63) is 64.7 Å². The van der Waals surface area contributed by atoms with Gasteiger partial charge in [0.15, 0.2) is 0 Å². The van der Waals surface area contributed by atoms with E-state index >= 15 is 0 Å². The molecule has 2 aromatic rings. The molecule has 1 amide bonds. The highest BCUT2D eigenvalue weighted by Crippen LogP contribution is 2.16. The van der Waals surface area contributed by atoms with Gasteiger partial charge in [0.2, 0.25) is 5.91 Å². The third-order valence-electron chi connectivity index (χ3n) is 3.00. The number of anilines is 1. The number of oxime groups is 1. The number of benzene rings is 2. The molecule has 0 aliphatic heterocycles. The van der Waals surface area contributed by atoms with Crippen LogP contribution in [0.2, 0.25) is 5.02 Å². The molecule has 0 aromatic heterocycles. The fourth-order valence-corrected chi connectivity index (χ4v) is 2.06. The SMILES string of the molecule is CC(=O)Nc1ccc(/C(C)=N/OCc2ccccc2Cl)cc1. The second kappa shape index (κ2) is 7.61. The fourth-order valence-electron chi connectivity index (χ4n) is 1.86. The van der Waals surface area contributed by atoms with Crippen molar-refractivity contribution in [2.45, 2.75) is 20.5 Å². The molecule has 22 heavy (non-hydrogen) atoms. The van der Waals surface area contributed by atoms with Gasteiger partial charge in [0, 0.05) is 23.2 Å². The first-order valence-electron chi connectivity index (χ1n) is 6.84. The molecule has 0 radical (unpaired) electrons. The van der Waals surface area contributed by atoms with E-state index in [1.54, 1.807) is 0 Å². The van der Waals surface area contributed by atoms with Crippen LogP contribution in [0.4, 0.5) is 5.69 Å². The summed E-state index contributed by atoms with van der Waals surface area (Å²) in [7, 11) is 0. The number of carbonyl (C=O) groups is 1. The maximum absolute atomic E-state index is 11.0. The number of nitrogens with one attached hydrogen (secondary N) is 1. The summed E-state index contributed by atoms with van der Waals surface area (Å²) >= 11 is 6.05. The molecule has 0 saturated carbocycles. The molecule has 2 rings (SSSR count). The largest absolute Gasteiger partial charge is 0.391 e. The first-order valence-corrected chi connectivity index (χ1v) is 7.22. The Bertz CT molecular complexity index is 681. The van der Waals surface area contributed by atoms with Crippen LogP contribution in [0.25, 0.3) is 0 Å². The first kappa shape index (κ1) is 16.0. The third kappa shape index (κ3) is 4.60. The average molecular weight is 317 g/mol. The molecule has 0 bridgehead atoms. The first-order chi connectivity index (χ1) is 10.6. The Kier molecular flexibility index (Phi) is 5.55. The highest BCUT2D eigenvalue weighted by molar-refractivity contribution is 6.31. The van der Waals surface area contributed by atoms with Gasteiger partial charge >= 0.3 is 0 Å². The molecule has 0 spiro atoms. The summed E-state index contributed by atoms with van der Waals surface area (Å²) in [4.78, 5) is 16.3. The van der Waals surface area contributed by atoms with Crippen LogP contribution in [0, 0.1) is 0 Å². The van der Waals surface area contributed by atoms with E-state index in [0.717, 1.165) is 22.5 Å². The Morgan fingerprint density at radius 3 is 2.45 bits per heavy atom. The van der Waals surface area contributed by atoms with Crippen molar-refractivity contribution in [3.8, 4) is 0 Å². The molecule has 0 atom stereocenters. The number of halogens is 1. The van der Waals surface area contributed by atoms with E-state index in [-0.39, 0.29) is 5.91 Å². The van der Waals surface area contributed by atoms with E-state index in [0.29, 0.717) is 11.6 Å². The number of nitrogens with zero attached hydrogens (tertiary/aromatic N) is 1. The minimum Gasteiger partial charge on any atom is -0.391 e. The van der Waals surface area contributed by atoms with Crippen molar-refractivity contribution in [1.82, 2.24) is 0 Å². The number of hydrogen-bond donors (Lipinski definition) is 1. The standard InChI is InChI=1S/C17H17ClN2O2/c1-12(14-7-9-16(10-8-14)19-13(2)21)20-22-11-15-5-3-4-6-17(15)18/h3-10H,11H2,1-2H3,(H,19,21)/b20-12+. The van der Waals surface area contributed by atoms with Gasteiger partial charge in [-0.3, -0.25) is 4.79 Å². The summed E-state index contributed by atoms with van der Waals surface area (Å²) in [6, 6.07) is 14.9. The molecule has 1 N–H and O–H groups in total. The summed E-state index contributed by atoms with van der Waals surface area (Å²) in [6.07, 6.45) is 0. The van der Waals surface area contributed by atoms with Crippen LogP contribution < -0.4 is 5.32 Å². The average Bonchev–Trinajstić information content (AvgIpc) is 2.49. The van der Waals surface area contributed by atoms with Crippen LogP contribution in [0.15, 0.2) is 53.7 Å². The van der Waals surface area contributed by atoms with Crippen molar-refractivity contribution >= 4 is 28.9 Å². The zero-order chi connectivity index (χ0) is 15.9. The Balaban J connectivity index is 1.97. The number of carbonyl (C=O) groups excluding carboxylic acids is 1. The van der Waals surface area contributed by atoms with Gasteiger partial charge in [-0.2, -0.15) is 0 Å². The summed E-state index contributed by atoms with van der Waals surface area (Å²) in [5, 5.41) is 7.47. The lowest BCUT2D eigenvalue weighted by atomic mass is 10.1. The van der Waals surface area contributed by atoms with Crippen molar-refractivity contribution in [3.63, 3.8) is 0 Å². The smallest absolute Gasteiger partial charge is 0.221 e. The Labute approximate surface area is 134 Å². The van der Waals surface area contributed by atoms with Gasteiger partial charge in [-0.05, 0) is 30.7 Å². The van der Waals surface area contributed by atoms with Gasteiger partial charge in [-0.1, -0.05) is 47.1 Å². The van der Waals surface area contributed by atoms with Crippen molar-refractivity contribution in [1.29, 1.82) is 0 Å². The molecule has 0 heterocycles. The van der Waals surface area contributed by atoms with Crippen LogP contribution in [-0.2, 0) is 16.2 Å². The summed E-state index contributed by atoms with van der Waals surface area (Å²) in [6.45, 7) is 3.66. The molecule has 0 saturated heterocycles. The predicted octanol–water partition coefficient (Wildman–Crippen LogP) is 4.24. The number of amides is 1. The van der Waals surface area contributed by atoms with Crippen LogP contribution in [-0.4, -0.2) is 11.6 Å². The number of hydrogen-bond acceptors (Lipinski definition) is 3. The van der Waals surface area contributed by atoms with Crippen molar-refractivity contribution in [2.24, 2.45) is 5.16 Å². The zero-order valence-corrected chi connectivity index (χ0v) is 13.2. The second-order valence-electron chi connectivity index (χ2n) is 4.80. The zero-order valence-electron chi connectivity index (χ0n) is 12.5. The molecule has 114 valence electrons. The molecule has 0 fully saturated rings. The molecule has 0 aliphatic carbocycles. The van der Waals surface area contributed by atoms with Crippen LogP contribution in [0.3, 0.4) is 0 Å². The van der Waals surface area contributed by atoms with Gasteiger partial charge in [-0.15, -0.1) is 0 Å². The second-order valence-corrected chi connectivity index (χ2v) is 5.21. The summed E-state index contributed by atoms with van der Waals surface area (Å²) in [5.74, 6) is -0.0961. The highest BCUT2D eigenvalue weighted by atomic mass is 35.5. The molecule has 4 nitrogen and oxygen atoms in total. The lowest BCUT2D eigenvalue weighted by Gasteiger charge is -2.06. The number of rotatable bonds is 5. The molecule has 2 aromatic carbocycles. The summed E-state index contributed by atoms with van der Waals surface area (Å²) < 4.78 is 0. The van der Waals surface area contributed by atoms with Gasteiger partial charge in [-0.25, -0.2) is 0 Å². The summed E-state index contributed by atoms with van der Waals surface area (Å²) in [5.41, 5.74) is 3.32. The van der Waals surface area contributed by atoms with E-state index in [9.17, 15) is 4.79 Å². The third-order valence-corrected chi connectivity index (χ3v) is 3.37. The highest BCUT2D eigenvalue weighted by Gasteiger charge is 2.02. The van der Waals surface area contributed by atoms with E-state index in [1.165, 1.54) is 6.92 Å². The van der Waals surface area contributed by atoms with Crippen molar-refractivity contribution < 1.29 is 9.63 Å². The van der Waals surface area contributed by atoms with Gasteiger partial charge in [0.05, 0.1) is 5.71 Å². The van der Waals surface area contributed by atoms with Gasteiger partial charge in [0.25, 0.3) is 0 Å². The molecular formula is C17H17ClN2O2. The van der Waals surface area contributed by atoms with Crippen LogP contribution in [0.5, 0.6) is 0 Å². The van der Waals surface area contributed by atoms with Gasteiger partial charge < -0.3 is 10.2 Å². The Hall–Kier alpha value is -2.33. The van der Waals surface area contributed by atoms with E-state index in [4.69, 9.17) is 16.4 Å². The van der Waals surface area contributed by atoms with E-state index in [2.05, 4.69) is 10.5 Å². The topological polar surface area (TPSA) is 50.7 Å². The van der Waals surface area contributed by atoms with Crippen molar-refractivity contribution in [2.75, 3.05) is 5.32 Å². The molecular weight excluding hydrogens is 300 g/mol. The lowest BCUT2D eigenvalue weighted by molar-refractivity contribution is -0.114. The van der Waals surface area contributed by atoms with Gasteiger partial charge in [0.1, 0.15) is 6.61 Å². The maximum atomic E-state index is 11.0. The molecule has 0 unspecified atom stereocenters. The maximum Gasteiger partial charge on any atom is 0.221 e. The van der Waals surface area contributed by atoms with Crippen LogP contribution >= 0.6 is 11.6 Å². The Morgan fingerprint density at radius 2 is 1.82 bits per heavy atom. The lowest BCUT2D eigenvalue weighted by Crippen LogP contribution is -2.06. The molecule has 0 aliphatic rings. The van der Waals surface area contributed by atoms with E-state index in [1.807, 2.05) is 55.5 Å². The predicted molar refractivity (Wildman–Crippen MR) is 89.2 cm³/mol. The van der Waals surface area contributed by atoms with Crippen LogP contribution in [0.1, 0.15) is 25.0 Å². The van der Waals surface area contributed by atoms with E-state index < -0.39 is 0 Å². The molecule has 5 heteroatoms. The minimum absolute atomic E-state index is 0.0961. The monoisotopic (exact) mass is 316 g/mol. The fraction of sp³-hybridized carbons (Fsp3) is 0.176.